The van der Waals surface area contributed by atoms with Crippen molar-refractivity contribution >= 4 is 5.97 Å². The second-order valence-electron chi connectivity index (χ2n) is 4.47. The lowest BCUT2D eigenvalue weighted by Crippen LogP contribution is -2.07. The maximum atomic E-state index is 13.4. The largest absolute Gasteiger partial charge is 0.469 e. The van der Waals surface area contributed by atoms with Gasteiger partial charge in [-0.3, -0.25) is 4.79 Å². The molecule has 0 aliphatic heterocycles. The van der Waals surface area contributed by atoms with Crippen LogP contribution in [0, 0.1) is 11.6 Å². The van der Waals surface area contributed by atoms with Gasteiger partial charge in [0.05, 0.1) is 13.5 Å². The average molecular weight is 276 g/mol. The van der Waals surface area contributed by atoms with Gasteiger partial charge in [0, 0.05) is 0 Å². The highest BCUT2D eigenvalue weighted by molar-refractivity contribution is 5.73. The van der Waals surface area contributed by atoms with Crippen molar-refractivity contribution in [3.05, 3.63) is 70.8 Å². The summed E-state index contributed by atoms with van der Waals surface area (Å²) in [5.74, 6) is -1.12. The number of carbonyl (C=O) groups excluding carboxylic acids is 1. The number of methoxy groups -OCH3 is 1. The third kappa shape index (κ3) is 3.63. The summed E-state index contributed by atoms with van der Waals surface area (Å²) in [6.07, 6.45) is 0.434. The number of ether oxygens (including phenoxy) is 1. The second-order valence-corrected chi connectivity index (χ2v) is 4.47. The van der Waals surface area contributed by atoms with Gasteiger partial charge in [-0.1, -0.05) is 18.2 Å². The van der Waals surface area contributed by atoms with E-state index >= 15 is 0 Å². The molecule has 2 rings (SSSR count). The minimum Gasteiger partial charge on any atom is -0.469 e. The van der Waals surface area contributed by atoms with E-state index in [1.807, 2.05) is 0 Å². The molecule has 0 heterocycles. The van der Waals surface area contributed by atoms with Crippen molar-refractivity contribution in [2.45, 2.75) is 12.8 Å². The second kappa shape index (κ2) is 6.28. The highest BCUT2D eigenvalue weighted by Gasteiger charge is 2.10. The van der Waals surface area contributed by atoms with E-state index < -0.39 is 5.97 Å². The van der Waals surface area contributed by atoms with Crippen LogP contribution in [0.25, 0.3) is 0 Å². The van der Waals surface area contributed by atoms with Gasteiger partial charge in [-0.2, -0.15) is 0 Å². The van der Waals surface area contributed by atoms with Gasteiger partial charge in [0.1, 0.15) is 11.6 Å². The summed E-state index contributed by atoms with van der Waals surface area (Å²) in [5, 5.41) is 0. The highest BCUT2D eigenvalue weighted by Crippen LogP contribution is 2.18. The average Bonchev–Trinajstić information content (AvgIpc) is 2.41. The summed E-state index contributed by atoms with van der Waals surface area (Å²) in [4.78, 5) is 11.3. The van der Waals surface area contributed by atoms with E-state index in [-0.39, 0.29) is 18.1 Å². The van der Waals surface area contributed by atoms with Crippen molar-refractivity contribution in [1.82, 2.24) is 0 Å². The Bertz CT molecular complexity index is 624. The lowest BCUT2D eigenvalue weighted by atomic mass is 9.97. The molecule has 2 nitrogen and oxygen atoms in total. The first kappa shape index (κ1) is 14.2. The van der Waals surface area contributed by atoms with Gasteiger partial charge in [-0.15, -0.1) is 0 Å². The van der Waals surface area contributed by atoms with Gasteiger partial charge >= 0.3 is 5.97 Å². The molecule has 0 spiro atoms. The van der Waals surface area contributed by atoms with Crippen LogP contribution in [0.4, 0.5) is 8.78 Å². The van der Waals surface area contributed by atoms with Crippen LogP contribution in [0.2, 0.25) is 0 Å². The minimum atomic E-state index is -0.392. The Morgan fingerprint density at radius 2 is 1.80 bits per heavy atom. The van der Waals surface area contributed by atoms with Crippen LogP contribution in [-0.4, -0.2) is 13.1 Å². The third-order valence-corrected chi connectivity index (χ3v) is 3.01. The predicted octanol–water partition coefficient (Wildman–Crippen LogP) is 3.27. The van der Waals surface area contributed by atoms with E-state index in [2.05, 4.69) is 4.74 Å². The highest BCUT2D eigenvalue weighted by atomic mass is 19.1. The number of hydrogen-bond acceptors (Lipinski definition) is 2. The molecule has 0 aromatic heterocycles. The zero-order valence-electron chi connectivity index (χ0n) is 11.0. The molecule has 104 valence electrons. The Kier molecular flexibility index (Phi) is 4.45. The van der Waals surface area contributed by atoms with E-state index in [0.717, 1.165) is 5.56 Å². The molecule has 20 heavy (non-hydrogen) atoms. The van der Waals surface area contributed by atoms with E-state index in [4.69, 9.17) is 0 Å². The molecule has 0 atom stereocenters. The number of benzene rings is 2. The molecule has 0 saturated heterocycles. The normalized spacial score (nSPS) is 10.3. The lowest BCUT2D eigenvalue weighted by molar-refractivity contribution is -0.139. The molecule has 0 unspecified atom stereocenters. The van der Waals surface area contributed by atoms with E-state index in [1.165, 1.54) is 31.4 Å². The van der Waals surface area contributed by atoms with Gasteiger partial charge in [0.2, 0.25) is 0 Å². The molecule has 0 amide bonds. The lowest BCUT2D eigenvalue weighted by Gasteiger charge is -2.09. The SMILES string of the molecule is COC(=O)Cc1ccc(F)cc1Cc1cccc(F)c1. The fraction of sp³-hybridized carbons (Fsp3) is 0.188. The Morgan fingerprint density at radius 1 is 1.05 bits per heavy atom. The molecule has 2 aromatic carbocycles. The molecule has 0 fully saturated rings. The molecule has 0 bridgehead atoms. The van der Waals surface area contributed by atoms with Crippen LogP contribution >= 0.6 is 0 Å². The molecular formula is C16H14F2O2. The quantitative estimate of drug-likeness (QED) is 0.801. The van der Waals surface area contributed by atoms with Crippen molar-refractivity contribution in [2.75, 3.05) is 7.11 Å². The first-order chi connectivity index (χ1) is 9.58. The summed E-state index contributed by atoms with van der Waals surface area (Å²) < 4.78 is 31.1. The minimum absolute atomic E-state index is 0.0709. The van der Waals surface area contributed by atoms with Gasteiger partial charge in [0.25, 0.3) is 0 Å². The third-order valence-electron chi connectivity index (χ3n) is 3.01. The molecule has 0 aliphatic rings. The molecule has 0 radical (unpaired) electrons. The van der Waals surface area contributed by atoms with Crippen LogP contribution in [0.1, 0.15) is 16.7 Å². The maximum absolute atomic E-state index is 13.4. The first-order valence-corrected chi connectivity index (χ1v) is 6.17. The zero-order chi connectivity index (χ0) is 14.5. The molecule has 0 saturated carbocycles. The summed E-state index contributed by atoms with van der Waals surface area (Å²) in [6, 6.07) is 10.3. The summed E-state index contributed by atoms with van der Waals surface area (Å²) in [7, 11) is 1.30. The number of hydrogen-bond donors (Lipinski definition) is 0. The maximum Gasteiger partial charge on any atom is 0.309 e. The van der Waals surface area contributed by atoms with Crippen LogP contribution in [-0.2, 0) is 22.4 Å². The van der Waals surface area contributed by atoms with E-state index in [9.17, 15) is 13.6 Å². The number of halogens is 2. The van der Waals surface area contributed by atoms with Gasteiger partial charge < -0.3 is 4.74 Å². The molecular weight excluding hydrogens is 262 g/mol. The monoisotopic (exact) mass is 276 g/mol. The summed E-state index contributed by atoms with van der Waals surface area (Å²) >= 11 is 0. The Labute approximate surface area is 116 Å². The summed E-state index contributed by atoms with van der Waals surface area (Å²) in [5.41, 5.74) is 2.06. The van der Waals surface area contributed by atoms with Gasteiger partial charge in [-0.25, -0.2) is 8.78 Å². The van der Waals surface area contributed by atoms with Crippen molar-refractivity contribution in [2.24, 2.45) is 0 Å². The van der Waals surface area contributed by atoms with Crippen molar-refractivity contribution in [3.8, 4) is 0 Å². The van der Waals surface area contributed by atoms with Crippen molar-refractivity contribution in [3.63, 3.8) is 0 Å². The first-order valence-electron chi connectivity index (χ1n) is 6.17. The van der Waals surface area contributed by atoms with E-state index in [1.54, 1.807) is 18.2 Å². The Hall–Kier alpha value is -2.23. The van der Waals surface area contributed by atoms with Crippen molar-refractivity contribution < 1.29 is 18.3 Å². The van der Waals surface area contributed by atoms with Crippen LogP contribution in [0.3, 0.4) is 0 Å². The standard InChI is InChI=1S/C16H14F2O2/c1-20-16(19)10-12-5-6-15(18)9-13(12)7-11-3-2-4-14(17)8-11/h2-6,8-9H,7,10H2,1H3. The Morgan fingerprint density at radius 3 is 2.50 bits per heavy atom. The van der Waals surface area contributed by atoms with Gasteiger partial charge in [0.15, 0.2) is 0 Å². The molecule has 4 heteroatoms. The smallest absolute Gasteiger partial charge is 0.309 e. The summed E-state index contributed by atoms with van der Waals surface area (Å²) in [6.45, 7) is 0. The fourth-order valence-corrected chi connectivity index (χ4v) is 2.03. The molecule has 0 aliphatic carbocycles. The molecule has 2 aromatic rings. The van der Waals surface area contributed by atoms with Gasteiger partial charge in [-0.05, 0) is 47.4 Å². The Balaban J connectivity index is 2.29. The zero-order valence-corrected chi connectivity index (χ0v) is 11.0. The van der Waals surface area contributed by atoms with Crippen LogP contribution < -0.4 is 0 Å². The number of esters is 1. The fourth-order valence-electron chi connectivity index (χ4n) is 2.03. The number of carbonyl (C=O) groups is 1. The van der Waals surface area contributed by atoms with Crippen molar-refractivity contribution in [1.29, 1.82) is 0 Å². The molecule has 0 N–H and O–H groups in total. The topological polar surface area (TPSA) is 26.3 Å². The van der Waals surface area contributed by atoms with E-state index in [0.29, 0.717) is 17.5 Å². The number of rotatable bonds is 4. The van der Waals surface area contributed by atoms with Crippen LogP contribution in [0.15, 0.2) is 42.5 Å². The predicted molar refractivity (Wildman–Crippen MR) is 71.3 cm³/mol. The van der Waals surface area contributed by atoms with Crippen LogP contribution in [0.5, 0.6) is 0 Å².